The van der Waals surface area contributed by atoms with E-state index in [-0.39, 0.29) is 0 Å². The Morgan fingerprint density at radius 1 is 0.333 bits per heavy atom. The number of fused-ring (bicyclic) bond motifs is 10. The number of rotatable bonds is 4. The monoisotopic (exact) mass is 651 g/mol. The van der Waals surface area contributed by atoms with Gasteiger partial charge in [0.2, 0.25) is 0 Å². The fourth-order valence-electron chi connectivity index (χ4n) is 8.15. The molecule has 0 bridgehead atoms. The normalized spacial score (nSPS) is 11.9. The van der Waals surface area contributed by atoms with E-state index in [1.807, 2.05) is 18.2 Å². The molecule has 9 aromatic carbocycles. The Balaban J connectivity index is 1.28. The summed E-state index contributed by atoms with van der Waals surface area (Å²) in [6, 6.07) is 62.6. The molecule has 2 aromatic heterocycles. The van der Waals surface area contributed by atoms with E-state index in [0.29, 0.717) is 0 Å². The van der Waals surface area contributed by atoms with Gasteiger partial charge in [0.05, 0.1) is 22.1 Å². The van der Waals surface area contributed by atoms with Crippen LogP contribution < -0.4 is 4.90 Å². The van der Waals surface area contributed by atoms with Crippen molar-refractivity contribution in [2.45, 2.75) is 0 Å². The van der Waals surface area contributed by atoms with Crippen LogP contribution in [-0.4, -0.2) is 0 Å². The highest BCUT2D eigenvalue weighted by Gasteiger charge is 2.25. The quantitative estimate of drug-likeness (QED) is 0.177. The smallest absolute Gasteiger partial charge is 0.145 e. The molecular formula is C48H29NO2. The minimum Gasteiger partial charge on any atom is -0.456 e. The van der Waals surface area contributed by atoms with Crippen molar-refractivity contribution in [3.8, 4) is 11.1 Å². The lowest BCUT2D eigenvalue weighted by Gasteiger charge is -2.28. The van der Waals surface area contributed by atoms with Gasteiger partial charge in [0, 0.05) is 22.0 Å². The molecule has 0 amide bonds. The van der Waals surface area contributed by atoms with Crippen LogP contribution in [0.4, 0.5) is 17.1 Å². The van der Waals surface area contributed by atoms with Crippen LogP contribution in [0.2, 0.25) is 0 Å². The topological polar surface area (TPSA) is 29.5 Å². The van der Waals surface area contributed by atoms with Crippen LogP contribution in [-0.2, 0) is 0 Å². The van der Waals surface area contributed by atoms with E-state index in [9.17, 15) is 0 Å². The van der Waals surface area contributed by atoms with Crippen LogP contribution in [0.25, 0.3) is 87.3 Å². The zero-order valence-electron chi connectivity index (χ0n) is 27.5. The molecule has 0 saturated heterocycles. The number of furan rings is 2. The van der Waals surface area contributed by atoms with Crippen LogP contribution >= 0.6 is 0 Å². The number of anilines is 3. The molecule has 0 radical (unpaired) electrons. The number of benzene rings is 9. The van der Waals surface area contributed by atoms with Gasteiger partial charge in [-0.05, 0) is 86.4 Å². The van der Waals surface area contributed by atoms with Crippen molar-refractivity contribution in [2.75, 3.05) is 4.90 Å². The second kappa shape index (κ2) is 10.8. The van der Waals surface area contributed by atoms with Gasteiger partial charge in [-0.1, -0.05) is 127 Å². The first-order valence-corrected chi connectivity index (χ1v) is 17.3. The molecule has 0 aliphatic carbocycles. The van der Waals surface area contributed by atoms with Crippen molar-refractivity contribution >= 4 is 93.3 Å². The largest absolute Gasteiger partial charge is 0.456 e. The minimum absolute atomic E-state index is 0.852. The van der Waals surface area contributed by atoms with E-state index < -0.39 is 0 Å². The molecule has 11 aromatic rings. The van der Waals surface area contributed by atoms with Gasteiger partial charge < -0.3 is 13.7 Å². The average molecular weight is 652 g/mol. The summed E-state index contributed by atoms with van der Waals surface area (Å²) in [5.74, 6) is 0. The number of hydrogen-bond donors (Lipinski definition) is 0. The van der Waals surface area contributed by atoms with E-state index in [1.165, 1.54) is 32.3 Å². The Bertz CT molecular complexity index is 3160. The molecule has 2 heterocycles. The second-order valence-corrected chi connectivity index (χ2v) is 13.2. The van der Waals surface area contributed by atoms with Crippen molar-refractivity contribution in [1.29, 1.82) is 0 Å². The fourth-order valence-corrected chi connectivity index (χ4v) is 8.15. The highest BCUT2D eigenvalue weighted by molar-refractivity contribution is 6.21. The Labute approximate surface area is 293 Å². The van der Waals surface area contributed by atoms with E-state index >= 15 is 0 Å². The molecule has 0 aliphatic heterocycles. The first kappa shape index (κ1) is 28.0. The lowest BCUT2D eigenvalue weighted by atomic mass is 9.95. The Morgan fingerprint density at radius 3 is 1.73 bits per heavy atom. The Hall–Kier alpha value is -6.84. The van der Waals surface area contributed by atoms with E-state index in [2.05, 4.69) is 163 Å². The summed E-state index contributed by atoms with van der Waals surface area (Å²) in [6.07, 6.45) is 0. The third kappa shape index (κ3) is 4.19. The third-order valence-electron chi connectivity index (χ3n) is 10.4. The van der Waals surface area contributed by atoms with Gasteiger partial charge in [-0.15, -0.1) is 0 Å². The Kier molecular flexibility index (Phi) is 5.96. The number of para-hydroxylation sites is 2. The van der Waals surface area contributed by atoms with Gasteiger partial charge >= 0.3 is 0 Å². The molecule has 0 spiro atoms. The zero-order chi connectivity index (χ0) is 33.5. The van der Waals surface area contributed by atoms with Crippen molar-refractivity contribution in [3.05, 3.63) is 176 Å². The van der Waals surface area contributed by atoms with Crippen molar-refractivity contribution in [2.24, 2.45) is 0 Å². The molecule has 0 fully saturated rings. The predicted octanol–water partition coefficient (Wildman–Crippen LogP) is 14.1. The third-order valence-corrected chi connectivity index (χ3v) is 10.4. The zero-order valence-corrected chi connectivity index (χ0v) is 27.5. The van der Waals surface area contributed by atoms with Gasteiger partial charge in [-0.25, -0.2) is 0 Å². The predicted molar refractivity (Wildman–Crippen MR) is 214 cm³/mol. The highest BCUT2D eigenvalue weighted by atomic mass is 16.3. The molecule has 0 atom stereocenters. The molecule has 0 aliphatic rings. The van der Waals surface area contributed by atoms with Crippen molar-refractivity contribution in [1.82, 2.24) is 0 Å². The molecule has 0 N–H and O–H groups in total. The Morgan fingerprint density at radius 2 is 0.902 bits per heavy atom. The maximum Gasteiger partial charge on any atom is 0.145 e. The van der Waals surface area contributed by atoms with Gasteiger partial charge in [-0.3, -0.25) is 0 Å². The van der Waals surface area contributed by atoms with Crippen LogP contribution in [0.5, 0.6) is 0 Å². The average Bonchev–Trinajstić information content (AvgIpc) is 3.78. The lowest BCUT2D eigenvalue weighted by molar-refractivity contribution is 0.669. The van der Waals surface area contributed by atoms with Crippen LogP contribution in [0.15, 0.2) is 185 Å². The van der Waals surface area contributed by atoms with E-state index in [0.717, 1.165) is 72.1 Å². The van der Waals surface area contributed by atoms with E-state index in [1.54, 1.807) is 0 Å². The first-order chi connectivity index (χ1) is 25.3. The van der Waals surface area contributed by atoms with Gasteiger partial charge in [0.15, 0.2) is 0 Å². The molecular weight excluding hydrogens is 623 g/mol. The summed E-state index contributed by atoms with van der Waals surface area (Å²) in [7, 11) is 0. The summed E-state index contributed by atoms with van der Waals surface area (Å²) in [4.78, 5) is 2.41. The molecule has 11 rings (SSSR count). The second-order valence-electron chi connectivity index (χ2n) is 13.2. The van der Waals surface area contributed by atoms with Crippen LogP contribution in [0.1, 0.15) is 0 Å². The maximum atomic E-state index is 6.87. The molecule has 3 nitrogen and oxygen atoms in total. The number of nitrogens with zero attached hydrogens (tertiary/aromatic N) is 1. The van der Waals surface area contributed by atoms with Gasteiger partial charge in [-0.2, -0.15) is 0 Å². The summed E-state index contributed by atoms with van der Waals surface area (Å²) in [5.41, 5.74) is 8.80. The summed E-state index contributed by atoms with van der Waals surface area (Å²) < 4.78 is 13.3. The summed E-state index contributed by atoms with van der Waals surface area (Å²) in [6.45, 7) is 0. The van der Waals surface area contributed by atoms with Crippen molar-refractivity contribution in [3.63, 3.8) is 0 Å². The van der Waals surface area contributed by atoms with Crippen LogP contribution in [0.3, 0.4) is 0 Å². The molecule has 238 valence electrons. The summed E-state index contributed by atoms with van der Waals surface area (Å²) in [5, 5.41) is 11.6. The molecule has 0 saturated carbocycles. The highest BCUT2D eigenvalue weighted by Crippen LogP contribution is 2.49. The van der Waals surface area contributed by atoms with Crippen molar-refractivity contribution < 1.29 is 8.83 Å². The molecule has 51 heavy (non-hydrogen) atoms. The van der Waals surface area contributed by atoms with Gasteiger partial charge in [0.25, 0.3) is 0 Å². The fraction of sp³-hybridized carbons (Fsp3) is 0. The molecule has 3 heteroatoms. The summed E-state index contributed by atoms with van der Waals surface area (Å²) >= 11 is 0. The van der Waals surface area contributed by atoms with Crippen LogP contribution in [0, 0.1) is 0 Å². The maximum absolute atomic E-state index is 6.87. The SMILES string of the molecule is c1ccc2c(-c3ccc(N(c4ccc5ccc6ccccc6c5c4)c4cccc5oc6ccccc6c45)c4c3oc3ccccc34)cccc2c1. The lowest BCUT2D eigenvalue weighted by Crippen LogP contribution is -2.11. The van der Waals surface area contributed by atoms with E-state index in [4.69, 9.17) is 8.83 Å². The standard InChI is InChI=1S/C48H29NO2/c1-3-14-34-30(11-1)13-9-18-36(34)37-27-28-42(47-39-17-6-8-21-44(39)51-48(37)47)49(41-19-10-22-45-46(41)38-16-5-7-20-43(38)50-45)33-26-25-32-24-23-31-12-2-4-15-35(31)40(32)29-33/h1-29H. The minimum atomic E-state index is 0.852. The molecule has 0 unspecified atom stereocenters. The first-order valence-electron chi connectivity index (χ1n) is 17.3. The number of hydrogen-bond acceptors (Lipinski definition) is 3. The van der Waals surface area contributed by atoms with Gasteiger partial charge in [0.1, 0.15) is 22.3 Å².